The Morgan fingerprint density at radius 2 is 2.22 bits per heavy atom. The van der Waals surface area contributed by atoms with Crippen LogP contribution in [0.2, 0.25) is 5.15 Å². The Morgan fingerprint density at radius 3 is 2.94 bits per heavy atom. The number of carbonyl (C=O) groups is 1. The van der Waals surface area contributed by atoms with Gasteiger partial charge in [0, 0.05) is 13.1 Å². The number of nitrogens with zero attached hydrogens (tertiary/aromatic N) is 2. The molecule has 5 heteroatoms. The number of aliphatic hydroxyl groups is 1. The Labute approximate surface area is 112 Å². The van der Waals surface area contributed by atoms with Gasteiger partial charge in [0.05, 0.1) is 5.60 Å². The first-order valence-electron chi connectivity index (χ1n) is 6.12. The Bertz CT molecular complexity index is 448. The van der Waals surface area contributed by atoms with Gasteiger partial charge in [0.1, 0.15) is 10.8 Å². The van der Waals surface area contributed by atoms with Gasteiger partial charge in [0.25, 0.3) is 5.91 Å². The number of hydrogen-bond donors (Lipinski definition) is 1. The van der Waals surface area contributed by atoms with Crippen molar-refractivity contribution in [2.24, 2.45) is 0 Å². The Morgan fingerprint density at radius 1 is 1.44 bits per heavy atom. The summed E-state index contributed by atoms with van der Waals surface area (Å²) in [7, 11) is 0. The molecular weight excluding hydrogens is 252 g/mol. The number of halogens is 1. The zero-order chi connectivity index (χ0) is 13.2. The number of rotatable bonds is 1. The average molecular weight is 269 g/mol. The zero-order valence-electron chi connectivity index (χ0n) is 10.4. The van der Waals surface area contributed by atoms with Gasteiger partial charge < -0.3 is 10.0 Å². The number of amides is 1. The summed E-state index contributed by atoms with van der Waals surface area (Å²) in [6.45, 7) is 3.03. The third kappa shape index (κ3) is 3.21. The topological polar surface area (TPSA) is 53.4 Å². The van der Waals surface area contributed by atoms with Crippen molar-refractivity contribution in [2.45, 2.75) is 31.8 Å². The van der Waals surface area contributed by atoms with Crippen LogP contribution in [0.1, 0.15) is 36.7 Å². The molecule has 0 radical (unpaired) electrons. The predicted octanol–water partition coefficient (Wildman–Crippen LogP) is 2.11. The normalized spacial score (nSPS) is 24.7. The van der Waals surface area contributed by atoms with Crippen LogP contribution in [0.5, 0.6) is 0 Å². The molecule has 4 nitrogen and oxygen atoms in total. The minimum atomic E-state index is -0.670. The molecule has 0 spiro atoms. The summed E-state index contributed by atoms with van der Waals surface area (Å²) in [4.78, 5) is 18.0. The van der Waals surface area contributed by atoms with E-state index in [-0.39, 0.29) is 5.91 Å². The highest BCUT2D eigenvalue weighted by atomic mass is 35.5. The second kappa shape index (κ2) is 5.24. The summed E-state index contributed by atoms with van der Waals surface area (Å²) < 4.78 is 0. The lowest BCUT2D eigenvalue weighted by Gasteiger charge is -2.22. The predicted molar refractivity (Wildman–Crippen MR) is 69.6 cm³/mol. The Hall–Kier alpha value is -1.13. The van der Waals surface area contributed by atoms with Gasteiger partial charge in [-0.15, -0.1) is 0 Å². The molecule has 98 valence electrons. The van der Waals surface area contributed by atoms with Crippen LogP contribution in [0, 0.1) is 0 Å². The van der Waals surface area contributed by atoms with Crippen LogP contribution < -0.4 is 0 Å². The van der Waals surface area contributed by atoms with E-state index in [4.69, 9.17) is 11.6 Å². The van der Waals surface area contributed by atoms with Crippen molar-refractivity contribution in [2.75, 3.05) is 13.1 Å². The fourth-order valence-electron chi connectivity index (χ4n) is 2.16. The van der Waals surface area contributed by atoms with Crippen LogP contribution in [0.15, 0.2) is 18.2 Å². The number of aromatic nitrogens is 1. The number of carbonyl (C=O) groups excluding carboxylic acids is 1. The van der Waals surface area contributed by atoms with E-state index in [9.17, 15) is 9.90 Å². The second-order valence-corrected chi connectivity index (χ2v) is 5.38. The number of pyridine rings is 1. The van der Waals surface area contributed by atoms with Crippen LogP contribution in [-0.4, -0.2) is 39.6 Å². The van der Waals surface area contributed by atoms with E-state index in [1.165, 1.54) is 0 Å². The van der Waals surface area contributed by atoms with Crippen LogP contribution in [-0.2, 0) is 0 Å². The lowest BCUT2D eigenvalue weighted by molar-refractivity contribution is 0.0437. The maximum atomic E-state index is 12.2. The molecular formula is C13H17ClN2O2. The third-order valence-corrected chi connectivity index (χ3v) is 3.50. The van der Waals surface area contributed by atoms with Crippen LogP contribution in [0.25, 0.3) is 0 Å². The van der Waals surface area contributed by atoms with Gasteiger partial charge in [-0.2, -0.15) is 0 Å². The molecule has 1 fully saturated rings. The SMILES string of the molecule is CC1(O)CCCN(C(=O)c2cccc(Cl)n2)CC1. The maximum Gasteiger partial charge on any atom is 0.272 e. The highest BCUT2D eigenvalue weighted by molar-refractivity contribution is 6.29. The van der Waals surface area contributed by atoms with E-state index in [1.54, 1.807) is 23.1 Å². The molecule has 0 aromatic carbocycles. The third-order valence-electron chi connectivity index (χ3n) is 3.29. The molecule has 0 saturated carbocycles. The Kier molecular flexibility index (Phi) is 3.88. The fraction of sp³-hybridized carbons (Fsp3) is 0.538. The molecule has 0 aliphatic carbocycles. The molecule has 2 rings (SSSR count). The van der Waals surface area contributed by atoms with E-state index in [2.05, 4.69) is 4.98 Å². The van der Waals surface area contributed by atoms with Gasteiger partial charge in [0.15, 0.2) is 0 Å². The number of likely N-dealkylation sites (tertiary alicyclic amines) is 1. The van der Waals surface area contributed by atoms with E-state index in [0.717, 1.165) is 12.8 Å². The number of hydrogen-bond acceptors (Lipinski definition) is 3. The van der Waals surface area contributed by atoms with Gasteiger partial charge in [0.2, 0.25) is 0 Å². The van der Waals surface area contributed by atoms with Crippen molar-refractivity contribution in [1.29, 1.82) is 0 Å². The molecule has 1 aromatic rings. The molecule has 1 saturated heterocycles. The Balaban J connectivity index is 2.10. The molecule has 1 aliphatic rings. The van der Waals surface area contributed by atoms with E-state index >= 15 is 0 Å². The van der Waals surface area contributed by atoms with Crippen LogP contribution in [0.3, 0.4) is 0 Å². The molecule has 1 aromatic heterocycles. The smallest absolute Gasteiger partial charge is 0.272 e. The van der Waals surface area contributed by atoms with Crippen LogP contribution >= 0.6 is 11.6 Å². The first-order chi connectivity index (χ1) is 8.48. The van der Waals surface area contributed by atoms with E-state index in [0.29, 0.717) is 30.4 Å². The van der Waals surface area contributed by atoms with Crippen molar-refractivity contribution in [3.05, 3.63) is 29.0 Å². The first-order valence-corrected chi connectivity index (χ1v) is 6.50. The van der Waals surface area contributed by atoms with Crippen molar-refractivity contribution in [1.82, 2.24) is 9.88 Å². The standard InChI is InChI=1S/C13H17ClN2O2/c1-13(18)6-3-8-16(9-7-13)12(17)10-4-2-5-11(14)15-10/h2,4-5,18H,3,6-9H2,1H3. The molecule has 0 bridgehead atoms. The average Bonchev–Trinajstić information content (AvgIpc) is 2.49. The molecule has 1 atom stereocenters. The van der Waals surface area contributed by atoms with Gasteiger partial charge in [-0.1, -0.05) is 17.7 Å². The monoisotopic (exact) mass is 268 g/mol. The molecule has 1 N–H and O–H groups in total. The summed E-state index contributed by atoms with van der Waals surface area (Å²) in [5.74, 6) is -0.116. The zero-order valence-corrected chi connectivity index (χ0v) is 11.2. The maximum absolute atomic E-state index is 12.2. The second-order valence-electron chi connectivity index (χ2n) is 4.99. The fourth-order valence-corrected chi connectivity index (χ4v) is 2.32. The molecule has 18 heavy (non-hydrogen) atoms. The highest BCUT2D eigenvalue weighted by Gasteiger charge is 2.27. The summed E-state index contributed by atoms with van der Waals surface area (Å²) >= 11 is 5.78. The first kappa shape index (κ1) is 13.3. The van der Waals surface area contributed by atoms with Crippen molar-refractivity contribution >= 4 is 17.5 Å². The molecule has 1 unspecified atom stereocenters. The van der Waals surface area contributed by atoms with Gasteiger partial charge in [-0.05, 0) is 38.3 Å². The minimum Gasteiger partial charge on any atom is -0.390 e. The van der Waals surface area contributed by atoms with Crippen molar-refractivity contribution < 1.29 is 9.90 Å². The minimum absolute atomic E-state index is 0.116. The van der Waals surface area contributed by atoms with Crippen LogP contribution in [0.4, 0.5) is 0 Å². The van der Waals surface area contributed by atoms with E-state index in [1.807, 2.05) is 6.92 Å². The van der Waals surface area contributed by atoms with Gasteiger partial charge in [-0.3, -0.25) is 4.79 Å². The summed E-state index contributed by atoms with van der Waals surface area (Å²) in [5.41, 5.74) is -0.305. The largest absolute Gasteiger partial charge is 0.390 e. The summed E-state index contributed by atoms with van der Waals surface area (Å²) in [5, 5.41) is 10.3. The molecule has 1 amide bonds. The summed E-state index contributed by atoms with van der Waals surface area (Å²) in [6, 6.07) is 5.03. The molecule has 1 aliphatic heterocycles. The quantitative estimate of drug-likeness (QED) is 0.794. The lowest BCUT2D eigenvalue weighted by Crippen LogP contribution is -2.34. The highest BCUT2D eigenvalue weighted by Crippen LogP contribution is 2.22. The van der Waals surface area contributed by atoms with Gasteiger partial charge in [-0.25, -0.2) is 4.98 Å². The lowest BCUT2D eigenvalue weighted by atomic mass is 9.98. The van der Waals surface area contributed by atoms with Crippen molar-refractivity contribution in [3.63, 3.8) is 0 Å². The molecule has 2 heterocycles. The van der Waals surface area contributed by atoms with E-state index < -0.39 is 5.60 Å². The van der Waals surface area contributed by atoms with Crippen molar-refractivity contribution in [3.8, 4) is 0 Å². The summed E-state index contributed by atoms with van der Waals surface area (Å²) in [6.07, 6.45) is 2.12. The van der Waals surface area contributed by atoms with Gasteiger partial charge >= 0.3 is 0 Å².